The number of ether oxygens (including phenoxy) is 2. The Labute approximate surface area is 203 Å². The van der Waals surface area contributed by atoms with Crippen LogP contribution in [0.4, 0.5) is 5.95 Å². The van der Waals surface area contributed by atoms with E-state index in [0.717, 1.165) is 22.2 Å². The molecule has 0 radical (unpaired) electrons. The molecule has 1 aliphatic heterocycles. The van der Waals surface area contributed by atoms with Gasteiger partial charge in [-0.2, -0.15) is 0 Å². The van der Waals surface area contributed by atoms with Crippen molar-refractivity contribution >= 4 is 28.9 Å². The molecule has 0 N–H and O–H groups in total. The van der Waals surface area contributed by atoms with Gasteiger partial charge in [-0.05, 0) is 37.6 Å². The van der Waals surface area contributed by atoms with Gasteiger partial charge in [0.05, 0.1) is 36.8 Å². The number of hydrogen-bond acceptors (Lipinski definition) is 5. The van der Waals surface area contributed by atoms with Crippen molar-refractivity contribution in [2.45, 2.75) is 26.4 Å². The zero-order valence-corrected chi connectivity index (χ0v) is 19.8. The lowest BCUT2D eigenvalue weighted by Crippen LogP contribution is -2.49. The van der Waals surface area contributed by atoms with E-state index in [1.807, 2.05) is 90.4 Å². The number of carbonyl (C=O) groups is 2. The summed E-state index contributed by atoms with van der Waals surface area (Å²) in [4.78, 5) is 33.9. The zero-order valence-electron chi connectivity index (χ0n) is 19.8. The minimum atomic E-state index is -1.09. The molecule has 0 aliphatic carbocycles. The highest BCUT2D eigenvalue weighted by Crippen LogP contribution is 2.44. The molecule has 1 amide bonds. The van der Waals surface area contributed by atoms with Gasteiger partial charge in [0.25, 0.3) is 0 Å². The molecule has 0 bridgehead atoms. The van der Waals surface area contributed by atoms with Gasteiger partial charge in [0.15, 0.2) is 5.92 Å². The van der Waals surface area contributed by atoms with Crippen LogP contribution in [0.25, 0.3) is 11.0 Å². The van der Waals surface area contributed by atoms with E-state index in [4.69, 9.17) is 14.5 Å². The Bertz CT molecular complexity index is 1370. The number of rotatable bonds is 7. The summed E-state index contributed by atoms with van der Waals surface area (Å²) < 4.78 is 13.4. The summed E-state index contributed by atoms with van der Waals surface area (Å²) in [7, 11) is 0. The van der Waals surface area contributed by atoms with Gasteiger partial charge < -0.3 is 14.0 Å². The Morgan fingerprint density at radius 1 is 0.914 bits per heavy atom. The van der Waals surface area contributed by atoms with E-state index in [0.29, 0.717) is 24.8 Å². The van der Waals surface area contributed by atoms with Gasteiger partial charge >= 0.3 is 5.97 Å². The molecule has 3 aromatic carbocycles. The normalized spacial score (nSPS) is 17.3. The lowest BCUT2D eigenvalue weighted by molar-refractivity contribution is -0.153. The van der Waals surface area contributed by atoms with Crippen LogP contribution in [0.3, 0.4) is 0 Å². The van der Waals surface area contributed by atoms with Gasteiger partial charge in [0.2, 0.25) is 11.9 Å². The average molecular weight is 470 g/mol. The number of fused-ring (bicyclic) bond motifs is 3. The number of esters is 1. The molecule has 0 fully saturated rings. The first-order valence-corrected chi connectivity index (χ1v) is 11.8. The Kier molecular flexibility index (Phi) is 6.23. The molecule has 1 aromatic heterocycles. The summed E-state index contributed by atoms with van der Waals surface area (Å²) in [6.45, 7) is 4.58. The summed E-state index contributed by atoms with van der Waals surface area (Å²) >= 11 is 0. The minimum Gasteiger partial charge on any atom is -0.494 e. The fourth-order valence-corrected chi connectivity index (χ4v) is 4.75. The van der Waals surface area contributed by atoms with Crippen LogP contribution in [-0.2, 0) is 20.9 Å². The molecule has 5 rings (SSSR count). The van der Waals surface area contributed by atoms with Crippen LogP contribution < -0.4 is 9.64 Å². The average Bonchev–Trinajstić information content (AvgIpc) is 3.26. The molecule has 2 atom stereocenters. The van der Waals surface area contributed by atoms with E-state index < -0.39 is 17.9 Å². The van der Waals surface area contributed by atoms with Crippen LogP contribution in [-0.4, -0.2) is 34.6 Å². The van der Waals surface area contributed by atoms with Gasteiger partial charge in [0.1, 0.15) is 5.75 Å². The van der Waals surface area contributed by atoms with Gasteiger partial charge in [-0.1, -0.05) is 60.7 Å². The Hall–Kier alpha value is -4.13. The maximum Gasteiger partial charge on any atom is 0.321 e. The maximum atomic E-state index is 14.1. The molecular weight excluding hydrogens is 442 g/mol. The van der Waals surface area contributed by atoms with Gasteiger partial charge in [-0.25, -0.2) is 4.98 Å². The van der Waals surface area contributed by atoms with Gasteiger partial charge in [-0.15, -0.1) is 0 Å². The van der Waals surface area contributed by atoms with E-state index in [2.05, 4.69) is 0 Å². The van der Waals surface area contributed by atoms with Crippen molar-refractivity contribution in [2.75, 3.05) is 18.1 Å². The number of imidazole rings is 1. The Balaban J connectivity index is 1.77. The molecule has 4 aromatic rings. The second kappa shape index (κ2) is 9.62. The largest absolute Gasteiger partial charge is 0.494 e. The number of anilines is 1. The molecular formula is C28H27N3O4. The van der Waals surface area contributed by atoms with Gasteiger partial charge in [0, 0.05) is 5.56 Å². The molecule has 0 spiro atoms. The molecule has 0 unspecified atom stereocenters. The SMILES string of the molecule is CCOC(=O)[C@@H]1C(=O)N(Cc2ccccc2)c2nc3ccccc3n2[C@H]1c1ccccc1OCC. The fourth-order valence-electron chi connectivity index (χ4n) is 4.75. The van der Waals surface area contributed by atoms with Crippen LogP contribution >= 0.6 is 0 Å². The van der Waals surface area contributed by atoms with Crippen LogP contribution in [0.2, 0.25) is 0 Å². The second-order valence-corrected chi connectivity index (χ2v) is 8.33. The summed E-state index contributed by atoms with van der Waals surface area (Å²) in [5, 5.41) is 0. The smallest absolute Gasteiger partial charge is 0.321 e. The highest BCUT2D eigenvalue weighted by molar-refractivity contribution is 6.08. The third-order valence-electron chi connectivity index (χ3n) is 6.21. The molecule has 0 saturated heterocycles. The molecule has 35 heavy (non-hydrogen) atoms. The van der Waals surface area contributed by atoms with Crippen molar-refractivity contribution in [3.63, 3.8) is 0 Å². The lowest BCUT2D eigenvalue weighted by Gasteiger charge is -2.38. The van der Waals surface area contributed by atoms with Crippen LogP contribution in [0.15, 0.2) is 78.9 Å². The van der Waals surface area contributed by atoms with Crippen molar-refractivity contribution in [2.24, 2.45) is 5.92 Å². The summed E-state index contributed by atoms with van der Waals surface area (Å²) in [5.74, 6) is -0.869. The molecule has 1 aliphatic rings. The predicted molar refractivity (Wildman–Crippen MR) is 133 cm³/mol. The zero-order chi connectivity index (χ0) is 24.4. The minimum absolute atomic E-state index is 0.179. The molecule has 7 heteroatoms. The molecule has 178 valence electrons. The number of para-hydroxylation sites is 3. The summed E-state index contributed by atoms with van der Waals surface area (Å²) in [6, 6.07) is 24.3. The number of aromatic nitrogens is 2. The first-order valence-electron chi connectivity index (χ1n) is 11.8. The van der Waals surface area contributed by atoms with Crippen LogP contribution in [0, 0.1) is 5.92 Å². The van der Waals surface area contributed by atoms with Crippen molar-refractivity contribution < 1.29 is 19.1 Å². The van der Waals surface area contributed by atoms with Crippen molar-refractivity contribution in [1.82, 2.24) is 9.55 Å². The predicted octanol–water partition coefficient (Wildman–Crippen LogP) is 4.75. The molecule has 0 saturated carbocycles. The van der Waals surface area contributed by atoms with Crippen molar-refractivity contribution in [1.29, 1.82) is 0 Å². The number of carbonyl (C=O) groups excluding carboxylic acids is 2. The topological polar surface area (TPSA) is 73.7 Å². The monoisotopic (exact) mass is 469 g/mol. The van der Waals surface area contributed by atoms with E-state index in [9.17, 15) is 9.59 Å². The molecule has 7 nitrogen and oxygen atoms in total. The first kappa shape index (κ1) is 22.7. The third-order valence-corrected chi connectivity index (χ3v) is 6.21. The third kappa shape index (κ3) is 4.03. The standard InChI is InChI=1S/C28H27N3O4/c1-3-34-23-17-11-8-14-20(23)25-24(27(33)35-4-2)26(32)30(18-19-12-6-5-7-13-19)28-29-21-15-9-10-16-22(21)31(25)28/h5-17,24-25H,3-4,18H2,1-2H3/t24-,25-/m0/s1. The lowest BCUT2D eigenvalue weighted by atomic mass is 9.88. The second-order valence-electron chi connectivity index (χ2n) is 8.33. The van der Waals surface area contributed by atoms with Gasteiger partial charge in [-0.3, -0.25) is 14.5 Å². The van der Waals surface area contributed by atoms with E-state index in [1.54, 1.807) is 11.8 Å². The number of amides is 1. The van der Waals surface area contributed by atoms with Crippen LogP contribution in [0.1, 0.15) is 31.0 Å². The van der Waals surface area contributed by atoms with E-state index >= 15 is 0 Å². The summed E-state index contributed by atoms with van der Waals surface area (Å²) in [5.41, 5.74) is 3.26. The number of benzene rings is 3. The van der Waals surface area contributed by atoms with Crippen LogP contribution in [0.5, 0.6) is 5.75 Å². The van der Waals surface area contributed by atoms with Crippen molar-refractivity contribution in [3.05, 3.63) is 90.0 Å². The summed E-state index contributed by atoms with van der Waals surface area (Å²) in [6.07, 6.45) is 0. The van der Waals surface area contributed by atoms with Crippen molar-refractivity contribution in [3.8, 4) is 5.75 Å². The highest BCUT2D eigenvalue weighted by atomic mass is 16.5. The molecule has 2 heterocycles. The first-order chi connectivity index (χ1) is 17.1. The number of hydrogen-bond donors (Lipinski definition) is 0. The quantitative estimate of drug-likeness (QED) is 0.288. The Morgan fingerprint density at radius 3 is 2.40 bits per heavy atom. The highest BCUT2D eigenvalue weighted by Gasteiger charge is 2.48. The fraction of sp³-hybridized carbons (Fsp3) is 0.250. The maximum absolute atomic E-state index is 14.1. The Morgan fingerprint density at radius 2 is 1.63 bits per heavy atom. The van der Waals surface area contributed by atoms with E-state index in [1.165, 1.54) is 0 Å². The number of nitrogens with zero attached hydrogens (tertiary/aromatic N) is 3. The van der Waals surface area contributed by atoms with E-state index in [-0.39, 0.29) is 12.5 Å².